The Kier molecular flexibility index (Phi) is 7.48. The van der Waals surface area contributed by atoms with Crippen LogP contribution >= 0.6 is 11.3 Å². The molecule has 1 amide bonds. The second kappa shape index (κ2) is 10.5. The molecule has 35 heavy (non-hydrogen) atoms. The summed E-state index contributed by atoms with van der Waals surface area (Å²) in [4.78, 5) is 30.2. The van der Waals surface area contributed by atoms with Crippen molar-refractivity contribution in [2.75, 3.05) is 20.1 Å². The van der Waals surface area contributed by atoms with Gasteiger partial charge in [-0.3, -0.25) is 9.69 Å². The number of likely N-dealkylation sites (N-methyl/N-ethyl adjacent to an activating group) is 1. The van der Waals surface area contributed by atoms with Crippen LogP contribution in [-0.2, 0) is 11.2 Å². The fraction of sp³-hybridized carbons (Fsp3) is 0.440. The normalized spacial score (nSPS) is 20.1. The van der Waals surface area contributed by atoms with Gasteiger partial charge in [-0.05, 0) is 38.5 Å². The first-order valence-electron chi connectivity index (χ1n) is 11.8. The van der Waals surface area contributed by atoms with Crippen LogP contribution in [0, 0.1) is 16.5 Å². The molecule has 1 fully saturated rings. The van der Waals surface area contributed by atoms with Crippen LogP contribution in [-0.4, -0.2) is 62.9 Å². The number of fused-ring (bicyclic) bond motifs is 1. The number of aromatic nitrogens is 3. The predicted octanol–water partition coefficient (Wildman–Crippen LogP) is 3.86. The van der Waals surface area contributed by atoms with E-state index in [4.69, 9.17) is 10.2 Å². The van der Waals surface area contributed by atoms with E-state index in [0.717, 1.165) is 35.4 Å². The number of nitrogens with zero attached hydrogens (tertiary/aromatic N) is 5. The Morgan fingerprint density at radius 1 is 1.43 bits per heavy atom. The number of imidazole rings is 1. The molecule has 1 aliphatic heterocycles. The van der Waals surface area contributed by atoms with Crippen molar-refractivity contribution in [2.45, 2.75) is 51.7 Å². The first-order chi connectivity index (χ1) is 16.8. The lowest BCUT2D eigenvalue weighted by Gasteiger charge is -2.48. The molecular weight excluding hydrogens is 465 g/mol. The first kappa shape index (κ1) is 24.8. The molecule has 0 saturated carbocycles. The summed E-state index contributed by atoms with van der Waals surface area (Å²) in [7, 11) is 1.60. The number of piperazine rings is 1. The lowest BCUT2D eigenvalue weighted by atomic mass is 10.00. The Bertz CT molecular complexity index is 1280. The van der Waals surface area contributed by atoms with E-state index in [0.29, 0.717) is 28.6 Å². The molecule has 3 aromatic heterocycles. The SMILES string of the molecule is CC[C@@H]1CN(/C(=C/C(=O)NC)c2nc(CC#N)c[nH]2)[C@@H](C)CN1C(C)c1ccc2cc(F)sc2n1. The van der Waals surface area contributed by atoms with E-state index in [2.05, 4.69) is 51.9 Å². The van der Waals surface area contributed by atoms with Crippen LogP contribution in [0.25, 0.3) is 15.9 Å². The average Bonchev–Trinajstić information content (AvgIpc) is 3.47. The molecule has 4 rings (SSSR count). The van der Waals surface area contributed by atoms with Crippen molar-refractivity contribution >= 4 is 33.2 Å². The molecule has 3 aromatic rings. The van der Waals surface area contributed by atoms with Gasteiger partial charge in [0, 0.05) is 55.9 Å². The summed E-state index contributed by atoms with van der Waals surface area (Å²) in [5.74, 6) is 0.365. The van der Waals surface area contributed by atoms with Crippen LogP contribution in [0.1, 0.15) is 50.4 Å². The van der Waals surface area contributed by atoms with Crippen LogP contribution in [0.5, 0.6) is 0 Å². The van der Waals surface area contributed by atoms with Gasteiger partial charge in [0.1, 0.15) is 4.83 Å². The second-order valence-electron chi connectivity index (χ2n) is 8.84. The van der Waals surface area contributed by atoms with Gasteiger partial charge in [0.2, 0.25) is 5.91 Å². The molecule has 1 unspecified atom stereocenters. The zero-order valence-corrected chi connectivity index (χ0v) is 21.2. The van der Waals surface area contributed by atoms with E-state index in [1.54, 1.807) is 19.3 Å². The molecule has 10 heteroatoms. The van der Waals surface area contributed by atoms with Gasteiger partial charge in [0.15, 0.2) is 11.0 Å². The van der Waals surface area contributed by atoms with Crippen LogP contribution < -0.4 is 5.32 Å². The van der Waals surface area contributed by atoms with Gasteiger partial charge in [0.05, 0.1) is 29.6 Å². The predicted molar refractivity (Wildman–Crippen MR) is 135 cm³/mol. The quantitative estimate of drug-likeness (QED) is 0.483. The number of carbonyl (C=O) groups excluding carboxylic acids is 1. The van der Waals surface area contributed by atoms with E-state index in [1.807, 2.05) is 12.1 Å². The standard InChI is InChI=1S/C25H30FN7OS/c1-5-19-14-32(21(11-23(34)28-4)24-29-12-18(30-24)8-9-27)15(2)13-33(19)16(3)20-7-6-17-10-22(26)35-25(17)31-20/h6-7,10-12,15-16,19H,5,8,13-14H2,1-4H3,(H,28,34)(H,29,30)/b21-11+/t15-,16?,19+/m0/s1. The lowest BCUT2D eigenvalue weighted by molar-refractivity contribution is -0.116. The molecule has 184 valence electrons. The van der Waals surface area contributed by atoms with Crippen molar-refractivity contribution in [1.82, 2.24) is 30.1 Å². The number of thiophene rings is 1. The van der Waals surface area contributed by atoms with E-state index < -0.39 is 0 Å². The third-order valence-electron chi connectivity index (χ3n) is 6.61. The Labute approximate surface area is 208 Å². The van der Waals surface area contributed by atoms with Crippen molar-refractivity contribution in [3.8, 4) is 6.07 Å². The number of halogens is 1. The maximum Gasteiger partial charge on any atom is 0.245 e. The smallest absolute Gasteiger partial charge is 0.245 e. The summed E-state index contributed by atoms with van der Waals surface area (Å²) >= 11 is 1.07. The maximum atomic E-state index is 13.7. The van der Waals surface area contributed by atoms with Gasteiger partial charge in [-0.1, -0.05) is 18.3 Å². The summed E-state index contributed by atoms with van der Waals surface area (Å²) < 4.78 is 13.7. The number of H-pyrrole nitrogens is 1. The summed E-state index contributed by atoms with van der Waals surface area (Å²) in [6.45, 7) is 7.90. The van der Waals surface area contributed by atoms with Gasteiger partial charge < -0.3 is 15.2 Å². The van der Waals surface area contributed by atoms with Crippen molar-refractivity contribution in [3.05, 3.63) is 52.8 Å². The average molecular weight is 496 g/mol. The number of nitriles is 1. The fourth-order valence-corrected chi connectivity index (χ4v) is 5.45. The van der Waals surface area contributed by atoms with E-state index in [1.165, 1.54) is 6.07 Å². The van der Waals surface area contributed by atoms with E-state index in [9.17, 15) is 9.18 Å². The molecule has 0 bridgehead atoms. The molecule has 4 heterocycles. The van der Waals surface area contributed by atoms with Gasteiger partial charge in [-0.15, -0.1) is 0 Å². The molecule has 0 radical (unpaired) electrons. The van der Waals surface area contributed by atoms with Crippen molar-refractivity contribution < 1.29 is 9.18 Å². The number of hydrogen-bond donors (Lipinski definition) is 2. The number of rotatable bonds is 7. The van der Waals surface area contributed by atoms with Crippen molar-refractivity contribution in [3.63, 3.8) is 0 Å². The zero-order valence-electron chi connectivity index (χ0n) is 20.4. The van der Waals surface area contributed by atoms with Gasteiger partial charge in [-0.25, -0.2) is 9.97 Å². The Morgan fingerprint density at radius 3 is 2.94 bits per heavy atom. The van der Waals surface area contributed by atoms with Crippen LogP contribution in [0.2, 0.25) is 0 Å². The summed E-state index contributed by atoms with van der Waals surface area (Å²) in [5, 5.41) is 12.3. The number of amides is 1. The van der Waals surface area contributed by atoms with Crippen LogP contribution in [0.15, 0.2) is 30.5 Å². The minimum atomic E-state index is -0.225. The molecule has 2 N–H and O–H groups in total. The Balaban J connectivity index is 1.61. The molecule has 0 aromatic carbocycles. The molecule has 8 nitrogen and oxygen atoms in total. The number of carbonyl (C=O) groups is 1. The Hall–Kier alpha value is -3.29. The second-order valence-corrected chi connectivity index (χ2v) is 9.82. The van der Waals surface area contributed by atoms with E-state index >= 15 is 0 Å². The van der Waals surface area contributed by atoms with Gasteiger partial charge in [-0.2, -0.15) is 9.65 Å². The highest BCUT2D eigenvalue weighted by Gasteiger charge is 2.36. The van der Waals surface area contributed by atoms with E-state index in [-0.39, 0.29) is 35.6 Å². The monoisotopic (exact) mass is 495 g/mol. The number of aromatic amines is 1. The first-order valence-corrected chi connectivity index (χ1v) is 12.6. The summed E-state index contributed by atoms with van der Waals surface area (Å²) in [6.07, 6.45) is 4.39. The zero-order chi connectivity index (χ0) is 25.1. The molecule has 1 aliphatic rings. The van der Waals surface area contributed by atoms with Crippen molar-refractivity contribution in [1.29, 1.82) is 5.26 Å². The lowest BCUT2D eigenvalue weighted by Crippen LogP contribution is -2.57. The Morgan fingerprint density at radius 2 is 2.23 bits per heavy atom. The molecule has 0 aliphatic carbocycles. The summed E-state index contributed by atoms with van der Waals surface area (Å²) in [5.41, 5.74) is 2.27. The highest BCUT2D eigenvalue weighted by Crippen LogP contribution is 2.33. The highest BCUT2D eigenvalue weighted by molar-refractivity contribution is 7.17. The highest BCUT2D eigenvalue weighted by atomic mass is 32.1. The fourth-order valence-electron chi connectivity index (χ4n) is 4.69. The molecule has 0 spiro atoms. The van der Waals surface area contributed by atoms with Gasteiger partial charge >= 0.3 is 0 Å². The number of hydrogen-bond acceptors (Lipinski definition) is 7. The van der Waals surface area contributed by atoms with Crippen molar-refractivity contribution in [2.24, 2.45) is 0 Å². The number of pyridine rings is 1. The van der Waals surface area contributed by atoms with Gasteiger partial charge in [0.25, 0.3) is 0 Å². The topological polar surface area (TPSA) is 101 Å². The third kappa shape index (κ3) is 5.21. The minimum Gasteiger partial charge on any atom is -0.363 e. The third-order valence-corrected chi connectivity index (χ3v) is 7.45. The molecule has 3 atom stereocenters. The minimum absolute atomic E-state index is 0.0522. The van der Waals surface area contributed by atoms with Crippen LogP contribution in [0.4, 0.5) is 4.39 Å². The van der Waals surface area contributed by atoms with Crippen LogP contribution in [0.3, 0.4) is 0 Å². The number of nitrogens with one attached hydrogen (secondary N) is 2. The molecule has 1 saturated heterocycles. The summed E-state index contributed by atoms with van der Waals surface area (Å²) in [6, 6.07) is 7.91. The maximum absolute atomic E-state index is 13.7. The molecular formula is C25H30FN7OS. The largest absolute Gasteiger partial charge is 0.363 e.